The summed E-state index contributed by atoms with van der Waals surface area (Å²) >= 11 is 0. The van der Waals surface area contributed by atoms with Gasteiger partial charge in [0.05, 0.1) is 12.8 Å². The number of hydrogen-bond acceptors (Lipinski definition) is 4. The number of nitrogens with zero attached hydrogens (tertiary/aromatic N) is 1. The monoisotopic (exact) mass is 223 g/mol. The van der Waals surface area contributed by atoms with Crippen molar-refractivity contribution < 1.29 is 9.90 Å². The lowest BCUT2D eigenvalue weighted by molar-refractivity contribution is 0.0929. The van der Waals surface area contributed by atoms with Gasteiger partial charge in [-0.05, 0) is 12.8 Å². The molecule has 1 fully saturated rings. The number of amides is 1. The molecule has 1 aliphatic rings. The van der Waals surface area contributed by atoms with Crippen LogP contribution in [0.4, 0.5) is 0 Å². The van der Waals surface area contributed by atoms with Crippen LogP contribution in [-0.2, 0) is 0 Å². The minimum atomic E-state index is -0.342. The van der Waals surface area contributed by atoms with Gasteiger partial charge in [0.1, 0.15) is 5.69 Å². The highest BCUT2D eigenvalue weighted by atomic mass is 16.3. The average molecular weight is 223 g/mol. The summed E-state index contributed by atoms with van der Waals surface area (Å²) in [5.41, 5.74) is -0.295. The third kappa shape index (κ3) is 2.27. The van der Waals surface area contributed by atoms with E-state index in [0.29, 0.717) is 6.54 Å². The highest BCUT2D eigenvalue weighted by molar-refractivity contribution is 5.91. The van der Waals surface area contributed by atoms with Gasteiger partial charge >= 0.3 is 0 Å². The summed E-state index contributed by atoms with van der Waals surface area (Å²) in [7, 11) is 0. The summed E-state index contributed by atoms with van der Waals surface area (Å²) in [6.45, 7) is 0.537. The highest BCUT2D eigenvalue weighted by Gasteiger charge is 2.42. The van der Waals surface area contributed by atoms with Gasteiger partial charge in [0, 0.05) is 18.2 Å². The van der Waals surface area contributed by atoms with Crippen molar-refractivity contribution in [2.75, 3.05) is 13.2 Å². The van der Waals surface area contributed by atoms with Crippen LogP contribution in [-0.4, -0.2) is 34.1 Å². The number of aliphatic hydroxyl groups excluding tert-OH is 1. The van der Waals surface area contributed by atoms with E-state index in [4.69, 9.17) is 5.11 Å². The Morgan fingerprint density at radius 1 is 1.62 bits per heavy atom. The lowest BCUT2D eigenvalue weighted by atomic mass is 10.1. The van der Waals surface area contributed by atoms with Gasteiger partial charge in [-0.3, -0.25) is 9.59 Å². The fourth-order valence-corrected chi connectivity index (χ4v) is 1.39. The van der Waals surface area contributed by atoms with E-state index in [9.17, 15) is 9.59 Å². The van der Waals surface area contributed by atoms with E-state index in [1.807, 2.05) is 0 Å². The van der Waals surface area contributed by atoms with E-state index >= 15 is 0 Å². The molecule has 6 heteroatoms. The molecule has 0 aliphatic heterocycles. The molecule has 0 bridgehead atoms. The molecule has 1 heterocycles. The number of aromatic amines is 1. The van der Waals surface area contributed by atoms with Crippen LogP contribution in [0.1, 0.15) is 23.3 Å². The second-order valence-corrected chi connectivity index (χ2v) is 4.14. The van der Waals surface area contributed by atoms with Crippen molar-refractivity contribution in [3.63, 3.8) is 0 Å². The van der Waals surface area contributed by atoms with Gasteiger partial charge in [-0.1, -0.05) is 0 Å². The molecule has 1 aromatic rings. The highest BCUT2D eigenvalue weighted by Crippen LogP contribution is 2.44. The summed E-state index contributed by atoms with van der Waals surface area (Å²) in [5, 5.41) is 11.8. The van der Waals surface area contributed by atoms with Gasteiger partial charge in [0.15, 0.2) is 0 Å². The molecule has 86 valence electrons. The zero-order chi connectivity index (χ0) is 11.6. The van der Waals surface area contributed by atoms with Gasteiger partial charge < -0.3 is 15.4 Å². The number of aliphatic hydroxyl groups is 1. The maximum absolute atomic E-state index is 11.6. The summed E-state index contributed by atoms with van der Waals surface area (Å²) in [6, 6.07) is 0. The Morgan fingerprint density at radius 2 is 2.38 bits per heavy atom. The molecule has 0 saturated heterocycles. The summed E-state index contributed by atoms with van der Waals surface area (Å²) in [6.07, 6.45) is 4.20. The van der Waals surface area contributed by atoms with E-state index in [1.165, 1.54) is 6.20 Å². The van der Waals surface area contributed by atoms with Gasteiger partial charge in [0.2, 0.25) is 0 Å². The fourth-order valence-electron chi connectivity index (χ4n) is 1.39. The zero-order valence-corrected chi connectivity index (χ0v) is 8.69. The minimum absolute atomic E-state index is 0.0896. The van der Waals surface area contributed by atoms with Gasteiger partial charge in [-0.15, -0.1) is 0 Å². The van der Waals surface area contributed by atoms with E-state index in [1.54, 1.807) is 0 Å². The molecule has 6 nitrogen and oxygen atoms in total. The number of H-pyrrole nitrogens is 1. The quantitative estimate of drug-likeness (QED) is 0.627. The van der Waals surface area contributed by atoms with Crippen LogP contribution in [0.5, 0.6) is 0 Å². The third-order valence-electron chi connectivity index (χ3n) is 2.82. The van der Waals surface area contributed by atoms with Crippen molar-refractivity contribution in [1.82, 2.24) is 15.3 Å². The van der Waals surface area contributed by atoms with Gasteiger partial charge in [0.25, 0.3) is 11.5 Å². The average Bonchev–Trinajstić information content (AvgIpc) is 3.08. The first-order valence-corrected chi connectivity index (χ1v) is 5.09. The topological polar surface area (TPSA) is 95.1 Å². The van der Waals surface area contributed by atoms with Gasteiger partial charge in [-0.25, -0.2) is 4.98 Å². The minimum Gasteiger partial charge on any atom is -0.396 e. The number of nitrogens with one attached hydrogen (secondary N) is 2. The van der Waals surface area contributed by atoms with Crippen molar-refractivity contribution in [3.05, 3.63) is 28.4 Å². The molecular weight excluding hydrogens is 210 g/mol. The van der Waals surface area contributed by atoms with Crippen LogP contribution < -0.4 is 10.9 Å². The van der Waals surface area contributed by atoms with Crippen molar-refractivity contribution >= 4 is 5.91 Å². The Bertz CT molecular complexity index is 430. The van der Waals surface area contributed by atoms with E-state index < -0.39 is 0 Å². The smallest absolute Gasteiger partial charge is 0.271 e. The van der Waals surface area contributed by atoms with Crippen LogP contribution >= 0.6 is 0 Å². The third-order valence-corrected chi connectivity index (χ3v) is 2.82. The largest absolute Gasteiger partial charge is 0.396 e. The molecule has 0 radical (unpaired) electrons. The molecule has 0 spiro atoms. The molecule has 1 aromatic heterocycles. The Balaban J connectivity index is 1.93. The molecule has 16 heavy (non-hydrogen) atoms. The Labute approximate surface area is 91.7 Å². The first-order chi connectivity index (χ1) is 7.65. The van der Waals surface area contributed by atoms with Crippen LogP contribution in [0.2, 0.25) is 0 Å². The summed E-state index contributed by atoms with van der Waals surface area (Å²) in [4.78, 5) is 28.4. The predicted molar refractivity (Wildman–Crippen MR) is 55.9 cm³/mol. The van der Waals surface area contributed by atoms with E-state index in [-0.39, 0.29) is 29.2 Å². The lowest BCUT2D eigenvalue weighted by Gasteiger charge is -2.11. The molecule has 3 N–H and O–H groups in total. The van der Waals surface area contributed by atoms with E-state index in [0.717, 1.165) is 19.0 Å². The second-order valence-electron chi connectivity index (χ2n) is 4.14. The Morgan fingerprint density at radius 3 is 2.88 bits per heavy atom. The Kier molecular flexibility index (Phi) is 2.74. The van der Waals surface area contributed by atoms with Crippen molar-refractivity contribution in [3.8, 4) is 0 Å². The number of aromatic nitrogens is 2. The SMILES string of the molecule is O=C(NCC1(CO)CC1)c1c[nH]c(=O)cn1. The first-order valence-electron chi connectivity index (χ1n) is 5.09. The summed E-state index contributed by atoms with van der Waals surface area (Å²) < 4.78 is 0. The second kappa shape index (κ2) is 4.05. The molecule has 0 aromatic carbocycles. The van der Waals surface area contributed by atoms with Crippen molar-refractivity contribution in [2.45, 2.75) is 12.8 Å². The normalized spacial score (nSPS) is 16.8. The number of rotatable bonds is 4. The number of carbonyl (C=O) groups is 1. The summed E-state index contributed by atoms with van der Waals surface area (Å²) in [5.74, 6) is -0.337. The van der Waals surface area contributed by atoms with Crippen molar-refractivity contribution in [2.24, 2.45) is 5.41 Å². The standard InChI is InChI=1S/C10H13N3O3/c14-6-10(1-2-10)5-13-9(16)7-3-12-8(15)4-11-7/h3-4,14H,1-2,5-6H2,(H,12,15)(H,13,16). The molecule has 1 amide bonds. The maximum Gasteiger partial charge on any atom is 0.271 e. The molecular formula is C10H13N3O3. The molecule has 0 unspecified atom stereocenters. The lowest BCUT2D eigenvalue weighted by Crippen LogP contribution is -2.32. The number of hydrogen-bond donors (Lipinski definition) is 3. The van der Waals surface area contributed by atoms with Crippen LogP contribution in [0.15, 0.2) is 17.2 Å². The molecule has 0 atom stereocenters. The Hall–Kier alpha value is -1.69. The van der Waals surface area contributed by atoms with Crippen LogP contribution in [0, 0.1) is 5.41 Å². The molecule has 1 aliphatic carbocycles. The zero-order valence-electron chi connectivity index (χ0n) is 8.69. The van der Waals surface area contributed by atoms with E-state index in [2.05, 4.69) is 15.3 Å². The molecule has 1 saturated carbocycles. The van der Waals surface area contributed by atoms with Crippen molar-refractivity contribution in [1.29, 1.82) is 0 Å². The van der Waals surface area contributed by atoms with Crippen LogP contribution in [0.3, 0.4) is 0 Å². The first kappa shape index (κ1) is 10.8. The predicted octanol–water partition coefficient (Wildman–Crippen LogP) is -0.728. The maximum atomic E-state index is 11.6. The molecule has 2 rings (SSSR count). The number of carbonyl (C=O) groups excluding carboxylic acids is 1. The fraction of sp³-hybridized carbons (Fsp3) is 0.500. The van der Waals surface area contributed by atoms with Crippen LogP contribution in [0.25, 0.3) is 0 Å². The van der Waals surface area contributed by atoms with Gasteiger partial charge in [-0.2, -0.15) is 0 Å².